The van der Waals surface area contributed by atoms with E-state index in [1.165, 1.54) is 18.2 Å². The van der Waals surface area contributed by atoms with Gasteiger partial charge in [0.05, 0.1) is 12.1 Å². The third-order valence-corrected chi connectivity index (χ3v) is 2.33. The molecule has 0 aliphatic carbocycles. The molecule has 0 atom stereocenters. The number of benzene rings is 1. The van der Waals surface area contributed by atoms with Crippen LogP contribution in [0.25, 0.3) is 0 Å². The van der Waals surface area contributed by atoms with E-state index in [2.05, 4.69) is 17.2 Å². The average molecular weight is 264 g/mol. The van der Waals surface area contributed by atoms with Gasteiger partial charge in [0.15, 0.2) is 0 Å². The van der Waals surface area contributed by atoms with E-state index in [0.717, 1.165) is 0 Å². The lowest BCUT2D eigenvalue weighted by atomic mass is 10.2. The molecule has 0 radical (unpaired) electrons. The standard InChI is InChI=1S/C14H17FN2O2/c1-19-9-3-5-14(18)17-12-6-7-13(15)11(10-12)4-2-8-16/h6-7,10H,3,5,8-9,16H2,1H3,(H,17,18). The van der Waals surface area contributed by atoms with E-state index in [1.54, 1.807) is 7.11 Å². The monoisotopic (exact) mass is 264 g/mol. The highest BCUT2D eigenvalue weighted by atomic mass is 19.1. The molecule has 0 heterocycles. The number of nitrogens with two attached hydrogens (primary N) is 1. The summed E-state index contributed by atoms with van der Waals surface area (Å²) in [6.45, 7) is 0.692. The van der Waals surface area contributed by atoms with E-state index in [4.69, 9.17) is 10.5 Å². The summed E-state index contributed by atoms with van der Waals surface area (Å²) in [6, 6.07) is 4.26. The maximum Gasteiger partial charge on any atom is 0.224 e. The number of amides is 1. The molecule has 4 nitrogen and oxygen atoms in total. The van der Waals surface area contributed by atoms with Gasteiger partial charge in [0.25, 0.3) is 0 Å². The summed E-state index contributed by atoms with van der Waals surface area (Å²) in [7, 11) is 1.58. The van der Waals surface area contributed by atoms with Gasteiger partial charge in [-0.25, -0.2) is 4.39 Å². The third-order valence-electron chi connectivity index (χ3n) is 2.33. The predicted octanol–water partition coefficient (Wildman–Crippen LogP) is 1.50. The van der Waals surface area contributed by atoms with E-state index < -0.39 is 5.82 Å². The quantitative estimate of drug-likeness (QED) is 0.625. The minimum atomic E-state index is -0.432. The first-order valence-electron chi connectivity index (χ1n) is 5.94. The molecule has 102 valence electrons. The van der Waals surface area contributed by atoms with Crippen LogP contribution in [0.3, 0.4) is 0 Å². The first-order valence-corrected chi connectivity index (χ1v) is 5.94. The number of rotatable bonds is 5. The number of hydrogen-bond donors (Lipinski definition) is 2. The zero-order chi connectivity index (χ0) is 14.1. The Morgan fingerprint density at radius 1 is 1.53 bits per heavy atom. The zero-order valence-electron chi connectivity index (χ0n) is 10.8. The summed E-state index contributed by atoms with van der Waals surface area (Å²) in [5, 5.41) is 2.68. The van der Waals surface area contributed by atoms with Crippen LogP contribution in [0.5, 0.6) is 0 Å². The van der Waals surface area contributed by atoms with Gasteiger partial charge in [0, 0.05) is 25.8 Å². The third kappa shape index (κ3) is 5.51. The second-order valence-corrected chi connectivity index (χ2v) is 3.85. The highest BCUT2D eigenvalue weighted by Gasteiger charge is 2.05. The Morgan fingerprint density at radius 2 is 2.32 bits per heavy atom. The maximum absolute atomic E-state index is 13.4. The summed E-state index contributed by atoms with van der Waals surface area (Å²) in [5.41, 5.74) is 5.98. The van der Waals surface area contributed by atoms with Crippen LogP contribution in [0.1, 0.15) is 18.4 Å². The van der Waals surface area contributed by atoms with Crippen molar-refractivity contribution >= 4 is 11.6 Å². The van der Waals surface area contributed by atoms with Crippen LogP contribution in [-0.4, -0.2) is 26.2 Å². The molecule has 0 saturated carbocycles. The van der Waals surface area contributed by atoms with Crippen molar-refractivity contribution in [2.45, 2.75) is 12.8 Å². The first kappa shape index (κ1) is 15.2. The topological polar surface area (TPSA) is 64.3 Å². The molecule has 0 aromatic heterocycles. The summed E-state index contributed by atoms with van der Waals surface area (Å²) in [5.74, 6) is 4.62. The average Bonchev–Trinajstić information content (AvgIpc) is 2.39. The Labute approximate surface area is 112 Å². The molecule has 0 saturated heterocycles. The van der Waals surface area contributed by atoms with Gasteiger partial charge in [-0.3, -0.25) is 4.79 Å². The number of halogens is 1. The van der Waals surface area contributed by atoms with Gasteiger partial charge in [0.2, 0.25) is 5.91 Å². The van der Waals surface area contributed by atoms with E-state index in [-0.39, 0.29) is 18.0 Å². The van der Waals surface area contributed by atoms with Crippen molar-refractivity contribution in [2.24, 2.45) is 5.73 Å². The number of nitrogens with one attached hydrogen (secondary N) is 1. The predicted molar refractivity (Wildman–Crippen MR) is 72.1 cm³/mol. The normalized spacial score (nSPS) is 9.63. The number of carbonyl (C=O) groups excluding carboxylic acids is 1. The summed E-state index contributed by atoms with van der Waals surface area (Å²) in [4.78, 5) is 11.6. The van der Waals surface area contributed by atoms with Crippen molar-refractivity contribution in [3.63, 3.8) is 0 Å². The van der Waals surface area contributed by atoms with Crippen LogP contribution in [0.2, 0.25) is 0 Å². The SMILES string of the molecule is COCCCC(=O)Nc1ccc(F)c(C#CCN)c1. The van der Waals surface area contributed by atoms with E-state index in [1.807, 2.05) is 0 Å². The molecule has 1 aromatic carbocycles. The second kappa shape index (κ2) is 8.25. The fourth-order valence-electron chi connectivity index (χ4n) is 1.45. The van der Waals surface area contributed by atoms with Crippen molar-refractivity contribution in [3.8, 4) is 11.8 Å². The molecule has 1 aromatic rings. The Morgan fingerprint density at radius 3 is 3.00 bits per heavy atom. The van der Waals surface area contributed by atoms with Crippen LogP contribution in [0, 0.1) is 17.7 Å². The molecule has 3 N–H and O–H groups in total. The number of methoxy groups -OCH3 is 1. The van der Waals surface area contributed by atoms with E-state index >= 15 is 0 Å². The van der Waals surface area contributed by atoms with E-state index in [9.17, 15) is 9.18 Å². The van der Waals surface area contributed by atoms with Gasteiger partial charge in [-0.15, -0.1) is 0 Å². The molecular formula is C14H17FN2O2. The summed E-state index contributed by atoms with van der Waals surface area (Å²) in [6.07, 6.45) is 0.998. The van der Waals surface area contributed by atoms with E-state index in [0.29, 0.717) is 25.1 Å². The molecule has 0 spiro atoms. The Kier molecular flexibility index (Phi) is 6.58. The van der Waals surface area contributed by atoms with Gasteiger partial charge in [-0.05, 0) is 24.6 Å². The van der Waals surface area contributed by atoms with Gasteiger partial charge in [-0.1, -0.05) is 11.8 Å². The van der Waals surface area contributed by atoms with Crippen molar-refractivity contribution in [1.82, 2.24) is 0 Å². The van der Waals surface area contributed by atoms with Crippen LogP contribution >= 0.6 is 0 Å². The van der Waals surface area contributed by atoms with Crippen molar-refractivity contribution in [1.29, 1.82) is 0 Å². The molecule has 1 rings (SSSR count). The number of ether oxygens (including phenoxy) is 1. The lowest BCUT2D eigenvalue weighted by Crippen LogP contribution is -2.12. The molecular weight excluding hydrogens is 247 g/mol. The van der Waals surface area contributed by atoms with Crippen LogP contribution in [0.4, 0.5) is 10.1 Å². The molecule has 0 bridgehead atoms. The van der Waals surface area contributed by atoms with Crippen molar-refractivity contribution in [3.05, 3.63) is 29.6 Å². The summed E-state index contributed by atoms with van der Waals surface area (Å²) < 4.78 is 18.3. The van der Waals surface area contributed by atoms with Crippen molar-refractivity contribution < 1.29 is 13.9 Å². The Balaban J connectivity index is 2.66. The minimum Gasteiger partial charge on any atom is -0.385 e. The fourth-order valence-corrected chi connectivity index (χ4v) is 1.45. The summed E-state index contributed by atoms with van der Waals surface area (Å²) >= 11 is 0. The smallest absolute Gasteiger partial charge is 0.224 e. The lowest BCUT2D eigenvalue weighted by molar-refractivity contribution is -0.116. The number of hydrogen-bond acceptors (Lipinski definition) is 3. The van der Waals surface area contributed by atoms with Gasteiger partial charge >= 0.3 is 0 Å². The molecule has 0 aliphatic rings. The van der Waals surface area contributed by atoms with Crippen molar-refractivity contribution in [2.75, 3.05) is 25.6 Å². The largest absolute Gasteiger partial charge is 0.385 e. The van der Waals surface area contributed by atoms with Crippen LogP contribution in [-0.2, 0) is 9.53 Å². The van der Waals surface area contributed by atoms with Gasteiger partial charge < -0.3 is 15.8 Å². The Hall–Kier alpha value is -1.90. The highest BCUT2D eigenvalue weighted by molar-refractivity contribution is 5.90. The number of carbonyl (C=O) groups is 1. The molecule has 19 heavy (non-hydrogen) atoms. The molecule has 0 fully saturated rings. The number of anilines is 1. The molecule has 0 aliphatic heterocycles. The van der Waals surface area contributed by atoms with Gasteiger partial charge in [-0.2, -0.15) is 0 Å². The minimum absolute atomic E-state index is 0.138. The first-order chi connectivity index (χ1) is 9.17. The second-order valence-electron chi connectivity index (χ2n) is 3.85. The maximum atomic E-state index is 13.4. The zero-order valence-corrected chi connectivity index (χ0v) is 10.8. The van der Waals surface area contributed by atoms with Crippen LogP contribution in [0.15, 0.2) is 18.2 Å². The fraction of sp³-hybridized carbons (Fsp3) is 0.357. The Bertz CT molecular complexity index is 492. The molecule has 1 amide bonds. The van der Waals surface area contributed by atoms with Gasteiger partial charge in [0.1, 0.15) is 5.82 Å². The highest BCUT2D eigenvalue weighted by Crippen LogP contribution is 2.14. The lowest BCUT2D eigenvalue weighted by Gasteiger charge is -2.06. The molecule has 5 heteroatoms. The molecule has 0 unspecified atom stereocenters. The van der Waals surface area contributed by atoms with Crippen LogP contribution < -0.4 is 11.1 Å².